The lowest BCUT2D eigenvalue weighted by Gasteiger charge is -2.29. The van der Waals surface area contributed by atoms with Crippen LogP contribution in [0.25, 0.3) is 0 Å². The molecule has 4 heteroatoms. The minimum absolute atomic E-state index is 0.142. The van der Waals surface area contributed by atoms with Crippen LogP contribution in [-0.2, 0) is 12.5 Å². The second kappa shape index (κ2) is 5.46. The van der Waals surface area contributed by atoms with Gasteiger partial charge in [-0.1, -0.05) is 34.1 Å². The standard InChI is InChI=1S/C17H27N3O/c1-6-12-7-8-17(9-12,11-18)15(21)13-10-20(5)19-14(13)16(2,3)4/h10,12,15,21H,6-9H2,1-5H3. The van der Waals surface area contributed by atoms with Gasteiger partial charge in [0.15, 0.2) is 0 Å². The quantitative estimate of drug-likeness (QED) is 0.926. The van der Waals surface area contributed by atoms with Crippen LogP contribution in [0.5, 0.6) is 0 Å². The summed E-state index contributed by atoms with van der Waals surface area (Å²) < 4.78 is 1.75. The molecule has 1 aromatic rings. The number of nitrogens with zero attached hydrogens (tertiary/aromatic N) is 3. The van der Waals surface area contributed by atoms with Crippen LogP contribution in [0, 0.1) is 22.7 Å². The number of aromatic nitrogens is 2. The molecule has 21 heavy (non-hydrogen) atoms. The van der Waals surface area contributed by atoms with Gasteiger partial charge in [-0.3, -0.25) is 4.68 Å². The zero-order valence-electron chi connectivity index (χ0n) is 13.8. The van der Waals surface area contributed by atoms with Crippen molar-refractivity contribution in [2.45, 2.75) is 64.9 Å². The highest BCUT2D eigenvalue weighted by Gasteiger charge is 2.47. The van der Waals surface area contributed by atoms with Crippen LogP contribution in [0.2, 0.25) is 0 Å². The summed E-state index contributed by atoms with van der Waals surface area (Å²) in [5.74, 6) is 0.550. The van der Waals surface area contributed by atoms with Crippen LogP contribution in [0.15, 0.2) is 6.20 Å². The largest absolute Gasteiger partial charge is 0.387 e. The Morgan fingerprint density at radius 2 is 2.24 bits per heavy atom. The number of aliphatic hydroxyl groups excluding tert-OH is 1. The Kier molecular flexibility index (Phi) is 4.17. The SMILES string of the molecule is CCC1CCC(C#N)(C(O)c2cn(C)nc2C(C)(C)C)C1. The van der Waals surface area contributed by atoms with Crippen LogP contribution in [-0.4, -0.2) is 14.9 Å². The zero-order chi connectivity index (χ0) is 15.8. The minimum Gasteiger partial charge on any atom is -0.387 e. The maximum Gasteiger partial charge on any atom is 0.101 e. The molecule has 0 amide bonds. The average molecular weight is 289 g/mol. The van der Waals surface area contributed by atoms with E-state index >= 15 is 0 Å². The summed E-state index contributed by atoms with van der Waals surface area (Å²) in [5, 5.41) is 25.2. The summed E-state index contributed by atoms with van der Waals surface area (Å²) in [6.07, 6.45) is 4.81. The van der Waals surface area contributed by atoms with Gasteiger partial charge in [-0.2, -0.15) is 10.4 Å². The van der Waals surface area contributed by atoms with Gasteiger partial charge >= 0.3 is 0 Å². The fraction of sp³-hybridized carbons (Fsp3) is 0.765. The topological polar surface area (TPSA) is 61.8 Å². The van der Waals surface area contributed by atoms with E-state index in [1.807, 2.05) is 13.2 Å². The Hall–Kier alpha value is -1.34. The molecule has 1 fully saturated rings. The number of aliphatic hydroxyl groups is 1. The molecule has 0 aliphatic heterocycles. The molecular weight excluding hydrogens is 262 g/mol. The van der Waals surface area contributed by atoms with Crippen molar-refractivity contribution in [3.8, 4) is 6.07 Å². The van der Waals surface area contributed by atoms with E-state index in [0.29, 0.717) is 5.92 Å². The summed E-state index contributed by atoms with van der Waals surface area (Å²) in [6, 6.07) is 2.44. The van der Waals surface area contributed by atoms with Gasteiger partial charge in [0.1, 0.15) is 6.10 Å². The first-order chi connectivity index (χ1) is 9.73. The molecule has 0 saturated heterocycles. The van der Waals surface area contributed by atoms with Crippen molar-refractivity contribution in [1.29, 1.82) is 5.26 Å². The maximum absolute atomic E-state index is 11.0. The Bertz CT molecular complexity index is 549. The second-order valence-electron chi connectivity index (χ2n) is 7.54. The fourth-order valence-electron chi connectivity index (χ4n) is 3.53. The lowest BCUT2D eigenvalue weighted by atomic mass is 9.75. The van der Waals surface area contributed by atoms with E-state index in [1.165, 1.54) is 0 Å². The highest BCUT2D eigenvalue weighted by Crippen LogP contribution is 2.51. The molecule has 4 nitrogen and oxygen atoms in total. The summed E-state index contributed by atoms with van der Waals surface area (Å²) >= 11 is 0. The predicted molar refractivity (Wildman–Crippen MR) is 82.5 cm³/mol. The number of aryl methyl sites for hydroxylation is 1. The Morgan fingerprint density at radius 3 is 2.71 bits per heavy atom. The zero-order valence-corrected chi connectivity index (χ0v) is 13.8. The van der Waals surface area contributed by atoms with Crippen molar-refractivity contribution in [3.63, 3.8) is 0 Å². The lowest BCUT2D eigenvalue weighted by molar-refractivity contribution is 0.0625. The minimum atomic E-state index is -0.748. The van der Waals surface area contributed by atoms with E-state index in [0.717, 1.165) is 36.9 Å². The number of rotatable bonds is 3. The molecule has 3 unspecified atom stereocenters. The molecule has 0 bridgehead atoms. The van der Waals surface area contributed by atoms with E-state index in [4.69, 9.17) is 0 Å². The molecule has 1 N–H and O–H groups in total. The van der Waals surface area contributed by atoms with Crippen molar-refractivity contribution in [2.24, 2.45) is 18.4 Å². The third-order valence-corrected chi connectivity index (χ3v) is 4.84. The number of hydrogen-bond acceptors (Lipinski definition) is 3. The van der Waals surface area contributed by atoms with E-state index in [9.17, 15) is 10.4 Å². The Balaban J connectivity index is 2.40. The van der Waals surface area contributed by atoms with Gasteiger partial charge in [0, 0.05) is 24.2 Å². The lowest BCUT2D eigenvalue weighted by Crippen LogP contribution is -2.27. The van der Waals surface area contributed by atoms with E-state index in [-0.39, 0.29) is 5.41 Å². The van der Waals surface area contributed by atoms with Crippen molar-refractivity contribution < 1.29 is 5.11 Å². The van der Waals surface area contributed by atoms with Crippen molar-refractivity contribution >= 4 is 0 Å². The predicted octanol–water partition coefficient (Wildman–Crippen LogP) is 3.47. The van der Waals surface area contributed by atoms with Crippen LogP contribution >= 0.6 is 0 Å². The van der Waals surface area contributed by atoms with Gasteiger partial charge in [0.2, 0.25) is 0 Å². The smallest absolute Gasteiger partial charge is 0.101 e. The Labute approximate surface area is 127 Å². The van der Waals surface area contributed by atoms with Crippen LogP contribution in [0.3, 0.4) is 0 Å². The third kappa shape index (κ3) is 2.85. The van der Waals surface area contributed by atoms with Crippen molar-refractivity contribution in [3.05, 3.63) is 17.5 Å². The van der Waals surface area contributed by atoms with Crippen molar-refractivity contribution in [2.75, 3.05) is 0 Å². The Morgan fingerprint density at radius 1 is 1.57 bits per heavy atom. The van der Waals surface area contributed by atoms with Gasteiger partial charge in [0.25, 0.3) is 0 Å². The average Bonchev–Trinajstić information content (AvgIpc) is 3.01. The summed E-state index contributed by atoms with van der Waals surface area (Å²) in [6.45, 7) is 8.44. The van der Waals surface area contributed by atoms with Crippen LogP contribution in [0.1, 0.15) is 70.7 Å². The number of hydrogen-bond donors (Lipinski definition) is 1. The van der Waals surface area contributed by atoms with Gasteiger partial charge in [-0.05, 0) is 25.2 Å². The van der Waals surface area contributed by atoms with Gasteiger partial charge in [-0.15, -0.1) is 0 Å². The first-order valence-corrected chi connectivity index (χ1v) is 7.87. The van der Waals surface area contributed by atoms with Gasteiger partial charge in [0.05, 0.1) is 17.2 Å². The van der Waals surface area contributed by atoms with Crippen LogP contribution < -0.4 is 0 Å². The first-order valence-electron chi connectivity index (χ1n) is 7.87. The monoisotopic (exact) mass is 289 g/mol. The van der Waals surface area contributed by atoms with E-state index < -0.39 is 11.5 Å². The normalized spacial score (nSPS) is 27.6. The molecule has 1 aromatic heterocycles. The molecule has 3 atom stereocenters. The third-order valence-electron chi connectivity index (χ3n) is 4.84. The molecule has 1 aliphatic carbocycles. The van der Waals surface area contributed by atoms with Gasteiger partial charge in [-0.25, -0.2) is 0 Å². The molecule has 1 saturated carbocycles. The molecule has 1 aliphatic rings. The molecule has 0 aromatic carbocycles. The highest BCUT2D eigenvalue weighted by molar-refractivity contribution is 5.30. The van der Waals surface area contributed by atoms with Crippen LogP contribution in [0.4, 0.5) is 0 Å². The molecule has 116 valence electrons. The molecule has 2 rings (SSSR count). The molecular formula is C17H27N3O. The molecule has 1 heterocycles. The van der Waals surface area contributed by atoms with Crippen molar-refractivity contribution in [1.82, 2.24) is 9.78 Å². The van der Waals surface area contributed by atoms with Gasteiger partial charge < -0.3 is 5.11 Å². The summed E-state index contributed by atoms with van der Waals surface area (Å²) in [4.78, 5) is 0. The van der Waals surface area contributed by atoms with E-state index in [1.54, 1.807) is 4.68 Å². The fourth-order valence-corrected chi connectivity index (χ4v) is 3.53. The highest BCUT2D eigenvalue weighted by atomic mass is 16.3. The maximum atomic E-state index is 11.0. The second-order valence-corrected chi connectivity index (χ2v) is 7.54. The first kappa shape index (κ1) is 16.0. The number of nitriles is 1. The molecule has 0 spiro atoms. The summed E-state index contributed by atoms with van der Waals surface area (Å²) in [5.41, 5.74) is 0.927. The van der Waals surface area contributed by atoms with E-state index in [2.05, 4.69) is 38.9 Å². The summed E-state index contributed by atoms with van der Waals surface area (Å²) in [7, 11) is 1.87. The molecule has 0 radical (unpaired) electrons.